The monoisotopic (exact) mass is 285 g/mol. The molecule has 0 unspecified atom stereocenters. The summed E-state index contributed by atoms with van der Waals surface area (Å²) < 4.78 is 6.33. The number of rotatable bonds is 4. The lowest BCUT2D eigenvalue weighted by molar-refractivity contribution is -0.389. The Bertz CT molecular complexity index is 604. The maximum absolute atomic E-state index is 10.8. The molecule has 9 heteroatoms. The molecule has 0 amide bonds. The number of carbonyl (C=O) groups is 1. The zero-order valence-corrected chi connectivity index (χ0v) is 10.4. The Morgan fingerprint density at radius 2 is 2.37 bits per heavy atom. The second-order valence-corrected chi connectivity index (χ2v) is 4.19. The Balaban J connectivity index is 2.26. The summed E-state index contributed by atoms with van der Waals surface area (Å²) in [6.07, 6.45) is 1.28. The second-order valence-electron chi connectivity index (χ2n) is 3.79. The molecule has 0 aromatic carbocycles. The summed E-state index contributed by atoms with van der Waals surface area (Å²) in [5.41, 5.74) is 0.468. The number of furan rings is 1. The molecule has 0 aliphatic heterocycles. The molecular formula is C10H8ClN3O5. The molecule has 100 valence electrons. The number of aryl methyl sites for hydroxylation is 1. The van der Waals surface area contributed by atoms with Crippen LogP contribution in [0, 0.1) is 17.0 Å². The molecule has 2 rings (SSSR count). The summed E-state index contributed by atoms with van der Waals surface area (Å²) in [6.45, 7) is 1.65. The van der Waals surface area contributed by atoms with Crippen LogP contribution in [0.3, 0.4) is 0 Å². The zero-order chi connectivity index (χ0) is 14.2. The lowest BCUT2D eigenvalue weighted by Gasteiger charge is -1.92. The third-order valence-electron chi connectivity index (χ3n) is 2.35. The number of aromatic carboxylic acids is 1. The van der Waals surface area contributed by atoms with Gasteiger partial charge in [0.25, 0.3) is 0 Å². The van der Waals surface area contributed by atoms with E-state index in [4.69, 9.17) is 21.1 Å². The minimum atomic E-state index is -1.17. The van der Waals surface area contributed by atoms with E-state index in [-0.39, 0.29) is 17.3 Å². The van der Waals surface area contributed by atoms with Gasteiger partial charge in [-0.25, -0.2) is 4.79 Å². The van der Waals surface area contributed by atoms with E-state index < -0.39 is 16.7 Å². The van der Waals surface area contributed by atoms with Crippen molar-refractivity contribution >= 4 is 23.4 Å². The molecule has 2 aromatic heterocycles. The van der Waals surface area contributed by atoms with Gasteiger partial charge in [0.1, 0.15) is 12.3 Å². The Hall–Kier alpha value is -2.35. The van der Waals surface area contributed by atoms with E-state index in [2.05, 4.69) is 5.10 Å². The number of nitro groups is 1. The first-order valence-electron chi connectivity index (χ1n) is 5.08. The van der Waals surface area contributed by atoms with E-state index in [0.717, 1.165) is 0 Å². The molecule has 19 heavy (non-hydrogen) atoms. The first-order chi connectivity index (χ1) is 8.88. The molecule has 0 bridgehead atoms. The number of carboxylic acids is 1. The molecule has 2 aromatic rings. The van der Waals surface area contributed by atoms with Crippen LogP contribution in [0.15, 0.2) is 16.7 Å². The van der Waals surface area contributed by atoms with Gasteiger partial charge in [0, 0.05) is 5.56 Å². The summed E-state index contributed by atoms with van der Waals surface area (Å²) in [6, 6.07) is 1.53. The molecule has 0 saturated carbocycles. The van der Waals surface area contributed by atoms with Crippen LogP contribution < -0.4 is 0 Å². The number of carboxylic acid groups (broad SMARTS) is 1. The fourth-order valence-corrected chi connectivity index (χ4v) is 1.81. The van der Waals surface area contributed by atoms with Gasteiger partial charge in [-0.05, 0) is 17.9 Å². The summed E-state index contributed by atoms with van der Waals surface area (Å²) in [5, 5.41) is 23.0. The highest BCUT2D eigenvalue weighted by Crippen LogP contribution is 2.22. The molecular weight excluding hydrogens is 278 g/mol. The number of hydrogen-bond acceptors (Lipinski definition) is 5. The summed E-state index contributed by atoms with van der Waals surface area (Å²) in [5.74, 6) is -1.47. The lowest BCUT2D eigenvalue weighted by Crippen LogP contribution is -2.00. The molecule has 0 aliphatic rings. The molecule has 0 saturated heterocycles. The summed E-state index contributed by atoms with van der Waals surface area (Å²) in [4.78, 5) is 20.7. The van der Waals surface area contributed by atoms with Crippen molar-refractivity contribution in [3.05, 3.63) is 44.5 Å². The third-order valence-corrected chi connectivity index (χ3v) is 2.62. The Morgan fingerprint density at radius 1 is 1.68 bits per heavy atom. The highest BCUT2D eigenvalue weighted by atomic mass is 35.5. The zero-order valence-electron chi connectivity index (χ0n) is 9.66. The molecule has 1 N–H and O–H groups in total. The fraction of sp³-hybridized carbons (Fsp3) is 0.200. The molecule has 0 atom stereocenters. The van der Waals surface area contributed by atoms with Crippen molar-refractivity contribution in [1.82, 2.24) is 9.78 Å². The molecule has 8 nitrogen and oxygen atoms in total. The minimum Gasteiger partial charge on any atom is -0.475 e. The molecule has 0 spiro atoms. The van der Waals surface area contributed by atoms with E-state index >= 15 is 0 Å². The van der Waals surface area contributed by atoms with Crippen LogP contribution in [0.25, 0.3) is 0 Å². The third kappa shape index (κ3) is 2.58. The Morgan fingerprint density at radius 3 is 2.84 bits per heavy atom. The molecule has 0 aliphatic carbocycles. The van der Waals surface area contributed by atoms with E-state index in [9.17, 15) is 14.9 Å². The molecule has 0 fully saturated rings. The average molecular weight is 286 g/mol. The van der Waals surface area contributed by atoms with Crippen LogP contribution in [0.4, 0.5) is 5.82 Å². The van der Waals surface area contributed by atoms with Crippen molar-refractivity contribution in [2.75, 3.05) is 0 Å². The van der Waals surface area contributed by atoms with E-state index in [1.807, 2.05) is 0 Å². The van der Waals surface area contributed by atoms with Crippen molar-refractivity contribution in [3.8, 4) is 0 Å². The van der Waals surface area contributed by atoms with Crippen molar-refractivity contribution in [2.24, 2.45) is 0 Å². The Labute approximate surface area is 111 Å². The van der Waals surface area contributed by atoms with Crippen molar-refractivity contribution < 1.29 is 19.2 Å². The predicted molar refractivity (Wildman–Crippen MR) is 63.4 cm³/mol. The Kier molecular flexibility index (Phi) is 3.26. The van der Waals surface area contributed by atoms with Gasteiger partial charge in [0.15, 0.2) is 5.02 Å². The highest BCUT2D eigenvalue weighted by Gasteiger charge is 2.21. The van der Waals surface area contributed by atoms with Crippen LogP contribution in [0.1, 0.15) is 21.9 Å². The number of halogens is 1. The number of hydrogen-bond donors (Lipinski definition) is 1. The fourth-order valence-electron chi connectivity index (χ4n) is 1.59. The maximum atomic E-state index is 10.8. The lowest BCUT2D eigenvalue weighted by atomic mass is 10.2. The molecule has 2 heterocycles. The van der Waals surface area contributed by atoms with Gasteiger partial charge in [-0.3, -0.25) is 0 Å². The summed E-state index contributed by atoms with van der Waals surface area (Å²) >= 11 is 5.64. The highest BCUT2D eigenvalue weighted by molar-refractivity contribution is 6.32. The van der Waals surface area contributed by atoms with Crippen LogP contribution in [0.5, 0.6) is 0 Å². The molecule has 0 radical (unpaired) electrons. The van der Waals surface area contributed by atoms with Crippen LogP contribution in [-0.2, 0) is 6.54 Å². The van der Waals surface area contributed by atoms with Gasteiger partial charge in [0.05, 0.1) is 11.3 Å². The average Bonchev–Trinajstić information content (AvgIpc) is 2.82. The topological polar surface area (TPSA) is 111 Å². The van der Waals surface area contributed by atoms with E-state index in [1.165, 1.54) is 16.9 Å². The van der Waals surface area contributed by atoms with Crippen LogP contribution in [-0.4, -0.2) is 25.8 Å². The van der Waals surface area contributed by atoms with Gasteiger partial charge < -0.3 is 19.6 Å². The first kappa shape index (κ1) is 13.1. The van der Waals surface area contributed by atoms with E-state index in [0.29, 0.717) is 11.3 Å². The number of nitrogens with zero attached hydrogens (tertiary/aromatic N) is 3. The quantitative estimate of drug-likeness (QED) is 0.680. The van der Waals surface area contributed by atoms with Gasteiger partial charge >= 0.3 is 11.8 Å². The number of aromatic nitrogens is 2. The largest absolute Gasteiger partial charge is 0.475 e. The van der Waals surface area contributed by atoms with Gasteiger partial charge in [0.2, 0.25) is 5.76 Å². The van der Waals surface area contributed by atoms with Crippen molar-refractivity contribution in [1.29, 1.82) is 0 Å². The maximum Gasteiger partial charge on any atom is 0.408 e. The van der Waals surface area contributed by atoms with Crippen LogP contribution in [0.2, 0.25) is 5.02 Å². The van der Waals surface area contributed by atoms with Gasteiger partial charge in [-0.2, -0.15) is 4.68 Å². The first-order valence-corrected chi connectivity index (χ1v) is 5.46. The predicted octanol–water partition coefficient (Wildman–Crippen LogP) is 2.09. The minimum absolute atomic E-state index is 0.0572. The normalized spacial score (nSPS) is 10.6. The standard InChI is InChI=1S/C10H8ClN3O5/c1-5-2-6(19-8(5)10(15)16)3-13-4-7(11)9(12-13)14(17)18/h2,4H,3H2,1H3,(H,15,16). The summed E-state index contributed by atoms with van der Waals surface area (Å²) in [7, 11) is 0. The van der Waals surface area contributed by atoms with Gasteiger partial charge in [-0.1, -0.05) is 11.6 Å². The van der Waals surface area contributed by atoms with Gasteiger partial charge in [-0.15, -0.1) is 0 Å². The SMILES string of the molecule is Cc1cc(Cn2cc(Cl)c([N+](=O)[O-])n2)oc1C(=O)O. The van der Waals surface area contributed by atoms with Crippen LogP contribution >= 0.6 is 11.6 Å². The second kappa shape index (κ2) is 4.73. The van der Waals surface area contributed by atoms with E-state index in [1.54, 1.807) is 6.92 Å². The van der Waals surface area contributed by atoms with Crippen molar-refractivity contribution in [3.63, 3.8) is 0 Å². The smallest absolute Gasteiger partial charge is 0.408 e. The van der Waals surface area contributed by atoms with Crippen molar-refractivity contribution in [2.45, 2.75) is 13.5 Å².